The van der Waals surface area contributed by atoms with Crippen LogP contribution < -0.4 is 10.1 Å². The number of Topliss-reactive ketones (excluding diaryl/α,β-unsaturated/α-hetero) is 1. The van der Waals surface area contributed by atoms with Crippen molar-refractivity contribution in [3.8, 4) is 5.75 Å². The molecule has 1 aliphatic carbocycles. The molecule has 3 aromatic rings. The molecule has 0 fully saturated rings. The van der Waals surface area contributed by atoms with Crippen molar-refractivity contribution < 1.29 is 9.53 Å². The minimum absolute atomic E-state index is 0.117. The van der Waals surface area contributed by atoms with E-state index in [9.17, 15) is 4.79 Å². The van der Waals surface area contributed by atoms with E-state index in [2.05, 4.69) is 27.4 Å². The molecule has 2 aromatic carbocycles. The third kappa shape index (κ3) is 3.82. The van der Waals surface area contributed by atoms with Gasteiger partial charge in [-0.05, 0) is 35.6 Å². The normalized spacial score (nSPS) is 15.9. The highest BCUT2D eigenvalue weighted by Crippen LogP contribution is 2.31. The Morgan fingerprint density at radius 3 is 2.59 bits per heavy atom. The van der Waals surface area contributed by atoms with E-state index in [0.29, 0.717) is 24.5 Å². The molecule has 0 aliphatic heterocycles. The van der Waals surface area contributed by atoms with Crippen LogP contribution in [0.1, 0.15) is 39.5 Å². The molecule has 27 heavy (non-hydrogen) atoms. The van der Waals surface area contributed by atoms with Gasteiger partial charge in [0, 0.05) is 19.2 Å². The second kappa shape index (κ2) is 7.58. The number of hydrogen-bond acceptors (Lipinski definition) is 5. The summed E-state index contributed by atoms with van der Waals surface area (Å²) in [5.74, 6) is 1.67. The summed E-state index contributed by atoms with van der Waals surface area (Å²) >= 11 is 0. The van der Waals surface area contributed by atoms with Crippen LogP contribution in [0.4, 0.5) is 5.95 Å². The molecule has 0 spiro atoms. The fourth-order valence-corrected chi connectivity index (χ4v) is 3.42. The van der Waals surface area contributed by atoms with Gasteiger partial charge in [0.1, 0.15) is 5.75 Å². The van der Waals surface area contributed by atoms with Gasteiger partial charge >= 0.3 is 0 Å². The molecular weight excluding hydrogens is 338 g/mol. The number of fused-ring (bicyclic) bond motifs is 1. The first-order valence-corrected chi connectivity index (χ1v) is 9.04. The average molecular weight is 359 g/mol. The van der Waals surface area contributed by atoms with Crippen LogP contribution in [-0.4, -0.2) is 22.9 Å². The van der Waals surface area contributed by atoms with Crippen molar-refractivity contribution in [2.75, 3.05) is 12.4 Å². The third-order valence-electron chi connectivity index (χ3n) is 4.92. The minimum atomic E-state index is 0.117. The number of nitrogens with one attached hydrogen (secondary N) is 1. The number of nitrogens with zero attached hydrogens (tertiary/aromatic N) is 2. The number of rotatable bonds is 5. The maximum atomic E-state index is 12.5. The van der Waals surface area contributed by atoms with Gasteiger partial charge in [-0.2, -0.15) is 0 Å². The van der Waals surface area contributed by atoms with Crippen LogP contribution in [0.5, 0.6) is 5.75 Å². The van der Waals surface area contributed by atoms with Gasteiger partial charge < -0.3 is 10.1 Å². The minimum Gasteiger partial charge on any atom is -0.497 e. The van der Waals surface area contributed by atoms with Crippen molar-refractivity contribution in [3.05, 3.63) is 83.2 Å². The zero-order chi connectivity index (χ0) is 18.6. The van der Waals surface area contributed by atoms with Crippen molar-refractivity contribution in [2.24, 2.45) is 0 Å². The highest BCUT2D eigenvalue weighted by molar-refractivity contribution is 5.98. The van der Waals surface area contributed by atoms with Gasteiger partial charge in [-0.3, -0.25) is 4.79 Å². The summed E-state index contributed by atoms with van der Waals surface area (Å²) in [5, 5.41) is 3.24. The first-order chi connectivity index (χ1) is 13.2. The van der Waals surface area contributed by atoms with Gasteiger partial charge in [0.15, 0.2) is 5.78 Å². The number of carbonyl (C=O) groups is 1. The summed E-state index contributed by atoms with van der Waals surface area (Å²) in [5.41, 5.74) is 3.77. The molecule has 5 heteroatoms. The SMILES string of the molecule is COc1ccc(CNc2ncc3c(n2)C[C@H](c2ccccc2)CC3=O)cc1. The number of aromatic nitrogens is 2. The molecular formula is C22H21N3O2. The lowest BCUT2D eigenvalue weighted by atomic mass is 9.82. The molecule has 5 nitrogen and oxygen atoms in total. The molecule has 1 N–H and O–H groups in total. The standard InChI is InChI=1S/C22H21N3O2/c1-27-18-9-7-15(8-10-18)13-23-22-24-14-19-20(25-22)11-17(12-21(19)26)16-5-3-2-4-6-16/h2-10,14,17H,11-13H2,1H3,(H,23,24,25)/t17-/m0/s1. The van der Waals surface area contributed by atoms with E-state index in [0.717, 1.165) is 23.4 Å². The van der Waals surface area contributed by atoms with Crippen LogP contribution in [0.15, 0.2) is 60.8 Å². The van der Waals surface area contributed by atoms with Gasteiger partial charge in [-0.25, -0.2) is 9.97 Å². The van der Waals surface area contributed by atoms with E-state index in [1.54, 1.807) is 13.3 Å². The fourth-order valence-electron chi connectivity index (χ4n) is 3.42. The molecule has 0 unspecified atom stereocenters. The molecule has 0 amide bonds. The second-order valence-corrected chi connectivity index (χ2v) is 6.69. The Bertz CT molecular complexity index is 940. The Hall–Kier alpha value is -3.21. The second-order valence-electron chi connectivity index (χ2n) is 6.69. The van der Waals surface area contributed by atoms with Gasteiger partial charge in [-0.15, -0.1) is 0 Å². The number of methoxy groups -OCH3 is 1. The van der Waals surface area contributed by atoms with Crippen molar-refractivity contribution in [2.45, 2.75) is 25.3 Å². The molecule has 0 radical (unpaired) electrons. The summed E-state index contributed by atoms with van der Waals surface area (Å²) < 4.78 is 5.17. The Morgan fingerprint density at radius 2 is 1.85 bits per heavy atom. The molecule has 0 saturated carbocycles. The maximum Gasteiger partial charge on any atom is 0.223 e. The van der Waals surface area contributed by atoms with E-state index in [1.807, 2.05) is 42.5 Å². The molecule has 1 atom stereocenters. The van der Waals surface area contributed by atoms with E-state index in [-0.39, 0.29) is 11.7 Å². The van der Waals surface area contributed by atoms with Crippen molar-refractivity contribution >= 4 is 11.7 Å². The molecule has 0 saturated heterocycles. The van der Waals surface area contributed by atoms with Gasteiger partial charge in [0.05, 0.1) is 18.4 Å². The highest BCUT2D eigenvalue weighted by atomic mass is 16.5. The largest absolute Gasteiger partial charge is 0.497 e. The third-order valence-corrected chi connectivity index (χ3v) is 4.92. The van der Waals surface area contributed by atoms with E-state index >= 15 is 0 Å². The molecule has 4 rings (SSSR count). The topological polar surface area (TPSA) is 64.1 Å². The lowest BCUT2D eigenvalue weighted by Gasteiger charge is -2.23. The first-order valence-electron chi connectivity index (χ1n) is 9.04. The van der Waals surface area contributed by atoms with Crippen LogP contribution in [0, 0.1) is 0 Å². The Labute approximate surface area is 158 Å². The average Bonchev–Trinajstić information content (AvgIpc) is 2.73. The Kier molecular flexibility index (Phi) is 4.83. The fraction of sp³-hybridized carbons (Fsp3) is 0.227. The van der Waals surface area contributed by atoms with Crippen molar-refractivity contribution in [1.82, 2.24) is 9.97 Å². The molecule has 136 valence electrons. The summed E-state index contributed by atoms with van der Waals surface area (Å²) in [6.07, 6.45) is 2.92. The quantitative estimate of drug-likeness (QED) is 0.746. The molecule has 1 heterocycles. The number of ketones is 1. The summed E-state index contributed by atoms with van der Waals surface area (Å²) in [6.45, 7) is 0.610. The number of carbonyl (C=O) groups excluding carboxylic acids is 1. The lowest BCUT2D eigenvalue weighted by Crippen LogP contribution is -2.21. The number of ether oxygens (including phenoxy) is 1. The molecule has 1 aliphatic rings. The molecule has 0 bridgehead atoms. The zero-order valence-electron chi connectivity index (χ0n) is 15.2. The van der Waals surface area contributed by atoms with Crippen LogP contribution in [0.3, 0.4) is 0 Å². The smallest absolute Gasteiger partial charge is 0.223 e. The first kappa shape index (κ1) is 17.2. The molecule has 1 aromatic heterocycles. The van der Waals surface area contributed by atoms with Gasteiger partial charge in [0.2, 0.25) is 5.95 Å². The predicted octanol–water partition coefficient (Wildman–Crippen LogP) is 4.01. The summed E-state index contributed by atoms with van der Waals surface area (Å²) in [6, 6.07) is 18.0. The number of anilines is 1. The van der Waals surface area contributed by atoms with Crippen LogP contribution in [0.25, 0.3) is 0 Å². The van der Waals surface area contributed by atoms with E-state index < -0.39 is 0 Å². The summed E-state index contributed by atoms with van der Waals surface area (Å²) in [4.78, 5) is 21.4. The van der Waals surface area contributed by atoms with E-state index in [4.69, 9.17) is 4.74 Å². The van der Waals surface area contributed by atoms with Crippen LogP contribution in [0.2, 0.25) is 0 Å². The predicted molar refractivity (Wildman–Crippen MR) is 104 cm³/mol. The van der Waals surface area contributed by atoms with E-state index in [1.165, 1.54) is 5.56 Å². The van der Waals surface area contributed by atoms with Gasteiger partial charge in [-0.1, -0.05) is 42.5 Å². The lowest BCUT2D eigenvalue weighted by molar-refractivity contribution is 0.0962. The highest BCUT2D eigenvalue weighted by Gasteiger charge is 2.27. The van der Waals surface area contributed by atoms with Crippen LogP contribution >= 0.6 is 0 Å². The number of hydrogen-bond donors (Lipinski definition) is 1. The number of benzene rings is 2. The van der Waals surface area contributed by atoms with Gasteiger partial charge in [0.25, 0.3) is 0 Å². The zero-order valence-corrected chi connectivity index (χ0v) is 15.2. The Morgan fingerprint density at radius 1 is 1.07 bits per heavy atom. The van der Waals surface area contributed by atoms with Crippen LogP contribution in [-0.2, 0) is 13.0 Å². The Balaban J connectivity index is 1.49. The van der Waals surface area contributed by atoms with Crippen molar-refractivity contribution in [1.29, 1.82) is 0 Å². The summed E-state index contributed by atoms with van der Waals surface area (Å²) in [7, 11) is 1.65. The van der Waals surface area contributed by atoms with Crippen molar-refractivity contribution in [3.63, 3.8) is 0 Å². The monoisotopic (exact) mass is 359 g/mol. The maximum absolute atomic E-state index is 12.5.